The average Bonchev–Trinajstić information content (AvgIpc) is 3.57. The summed E-state index contributed by atoms with van der Waals surface area (Å²) in [5.74, 6) is 0.869. The van der Waals surface area contributed by atoms with Crippen molar-refractivity contribution in [1.29, 1.82) is 0 Å². The van der Waals surface area contributed by atoms with Crippen LogP contribution in [-0.4, -0.2) is 47.4 Å². The molecule has 6 heteroatoms. The third-order valence-corrected chi connectivity index (χ3v) is 6.77. The standard InChI is InChI=1S/C28H30N2O4/c1-19-7-5-8-22(17-19)26-24-18-23(34-20(2)27(31)29-13-3-4-14-29)11-10-21(24)12-15-30(26)28(32)25-9-6-16-33-25/h5-11,16-18,20,26H,3-4,12-15H2,1-2H3/t20-,26+/m0/s1. The van der Waals surface area contributed by atoms with E-state index in [2.05, 4.69) is 31.2 Å². The fourth-order valence-electron chi connectivity index (χ4n) is 5.08. The number of amides is 2. The average molecular weight is 459 g/mol. The molecule has 0 unspecified atom stereocenters. The summed E-state index contributed by atoms with van der Waals surface area (Å²) < 4.78 is 11.6. The van der Waals surface area contributed by atoms with E-state index in [9.17, 15) is 9.59 Å². The van der Waals surface area contributed by atoms with Gasteiger partial charge >= 0.3 is 0 Å². The molecule has 34 heavy (non-hydrogen) atoms. The van der Waals surface area contributed by atoms with E-state index in [0.717, 1.165) is 49.0 Å². The largest absolute Gasteiger partial charge is 0.481 e. The van der Waals surface area contributed by atoms with Crippen molar-refractivity contribution in [2.75, 3.05) is 19.6 Å². The fraction of sp³-hybridized carbons (Fsp3) is 0.357. The smallest absolute Gasteiger partial charge is 0.290 e. The molecule has 2 atom stereocenters. The van der Waals surface area contributed by atoms with Crippen LogP contribution in [0.15, 0.2) is 65.3 Å². The molecule has 2 aromatic carbocycles. The third kappa shape index (κ3) is 4.32. The van der Waals surface area contributed by atoms with Crippen molar-refractivity contribution >= 4 is 11.8 Å². The van der Waals surface area contributed by atoms with Crippen LogP contribution in [0.1, 0.15) is 58.6 Å². The zero-order valence-electron chi connectivity index (χ0n) is 19.7. The van der Waals surface area contributed by atoms with E-state index in [-0.39, 0.29) is 17.9 Å². The maximum Gasteiger partial charge on any atom is 0.290 e. The van der Waals surface area contributed by atoms with Crippen LogP contribution in [0.5, 0.6) is 5.75 Å². The molecule has 2 amide bonds. The maximum atomic E-state index is 13.4. The highest BCUT2D eigenvalue weighted by molar-refractivity contribution is 5.92. The molecule has 0 saturated carbocycles. The predicted molar refractivity (Wildman–Crippen MR) is 129 cm³/mol. The molecule has 3 heterocycles. The molecule has 0 aliphatic carbocycles. The number of furan rings is 1. The van der Waals surface area contributed by atoms with Crippen LogP contribution in [-0.2, 0) is 11.2 Å². The quantitative estimate of drug-likeness (QED) is 0.553. The normalized spacial score (nSPS) is 18.5. The molecule has 3 aromatic rings. The van der Waals surface area contributed by atoms with Crippen molar-refractivity contribution in [3.63, 3.8) is 0 Å². The monoisotopic (exact) mass is 458 g/mol. The van der Waals surface area contributed by atoms with Crippen LogP contribution in [0.4, 0.5) is 0 Å². The lowest BCUT2D eigenvalue weighted by Crippen LogP contribution is -2.40. The highest BCUT2D eigenvalue weighted by atomic mass is 16.5. The highest BCUT2D eigenvalue weighted by Crippen LogP contribution is 2.38. The lowest BCUT2D eigenvalue weighted by molar-refractivity contribution is -0.136. The van der Waals surface area contributed by atoms with Crippen molar-refractivity contribution in [3.05, 3.63) is 88.9 Å². The Labute approximate surface area is 200 Å². The van der Waals surface area contributed by atoms with E-state index in [0.29, 0.717) is 18.1 Å². The summed E-state index contributed by atoms with van der Waals surface area (Å²) in [6.07, 6.45) is 3.81. The van der Waals surface area contributed by atoms with Gasteiger partial charge in [0, 0.05) is 19.6 Å². The van der Waals surface area contributed by atoms with Gasteiger partial charge in [-0.25, -0.2) is 0 Å². The molecule has 176 valence electrons. The number of rotatable bonds is 5. The number of benzene rings is 2. The molecule has 1 fully saturated rings. The summed E-state index contributed by atoms with van der Waals surface area (Å²) in [7, 11) is 0. The third-order valence-electron chi connectivity index (χ3n) is 6.77. The van der Waals surface area contributed by atoms with E-state index in [1.165, 1.54) is 11.8 Å². The lowest BCUT2D eigenvalue weighted by atomic mass is 9.87. The molecular weight excluding hydrogens is 428 g/mol. The summed E-state index contributed by atoms with van der Waals surface area (Å²) in [6.45, 7) is 6.06. The van der Waals surface area contributed by atoms with Crippen LogP contribution in [0.2, 0.25) is 0 Å². The zero-order chi connectivity index (χ0) is 23.7. The Morgan fingerprint density at radius 3 is 2.59 bits per heavy atom. The van der Waals surface area contributed by atoms with Gasteiger partial charge in [0.25, 0.3) is 11.8 Å². The van der Waals surface area contributed by atoms with Crippen molar-refractivity contribution in [1.82, 2.24) is 9.80 Å². The molecule has 1 aromatic heterocycles. The minimum Gasteiger partial charge on any atom is -0.481 e. The van der Waals surface area contributed by atoms with Gasteiger partial charge in [0.15, 0.2) is 11.9 Å². The van der Waals surface area contributed by atoms with E-state index in [1.54, 1.807) is 12.1 Å². The second-order valence-electron chi connectivity index (χ2n) is 9.20. The molecule has 0 N–H and O–H groups in total. The number of carbonyl (C=O) groups is 2. The molecule has 0 spiro atoms. The molecule has 6 nitrogen and oxygen atoms in total. The van der Waals surface area contributed by atoms with Crippen LogP contribution >= 0.6 is 0 Å². The molecule has 2 aliphatic heterocycles. The van der Waals surface area contributed by atoms with E-state index < -0.39 is 6.10 Å². The number of hydrogen-bond acceptors (Lipinski definition) is 4. The summed E-state index contributed by atoms with van der Waals surface area (Å²) in [4.78, 5) is 29.9. The van der Waals surface area contributed by atoms with Crippen LogP contribution < -0.4 is 4.74 Å². The van der Waals surface area contributed by atoms with Crippen LogP contribution in [0, 0.1) is 6.92 Å². The molecule has 5 rings (SSSR count). The van der Waals surface area contributed by atoms with Gasteiger partial charge < -0.3 is 19.0 Å². The summed E-state index contributed by atoms with van der Waals surface area (Å²) in [5, 5.41) is 0. The number of carbonyl (C=O) groups excluding carboxylic acids is 2. The number of likely N-dealkylation sites (tertiary alicyclic amines) is 1. The van der Waals surface area contributed by atoms with Crippen molar-refractivity contribution < 1.29 is 18.7 Å². The first-order valence-corrected chi connectivity index (χ1v) is 12.0. The fourth-order valence-corrected chi connectivity index (χ4v) is 5.08. The van der Waals surface area contributed by atoms with Gasteiger partial charge in [0.1, 0.15) is 5.75 Å². The minimum absolute atomic E-state index is 0.0279. The molecule has 0 radical (unpaired) electrons. The Hall–Kier alpha value is -3.54. The first-order valence-electron chi connectivity index (χ1n) is 12.0. The Balaban J connectivity index is 1.49. The molecule has 0 bridgehead atoms. The molecule has 1 saturated heterocycles. The van der Waals surface area contributed by atoms with E-state index >= 15 is 0 Å². The molecular formula is C28H30N2O4. The second-order valence-corrected chi connectivity index (χ2v) is 9.20. The van der Waals surface area contributed by atoms with E-state index in [1.807, 2.05) is 34.9 Å². The predicted octanol–water partition coefficient (Wildman–Crippen LogP) is 4.77. The molecule has 2 aliphatic rings. The SMILES string of the molecule is Cc1cccc([C@@H]2c3cc(O[C@@H](C)C(=O)N4CCCC4)ccc3CCN2C(=O)c2ccco2)c1. The number of ether oxygens (including phenoxy) is 1. The Bertz CT molecular complexity index is 1180. The van der Waals surface area contributed by atoms with Gasteiger partial charge in [0.05, 0.1) is 12.3 Å². The van der Waals surface area contributed by atoms with Gasteiger partial charge in [-0.3, -0.25) is 9.59 Å². The zero-order valence-corrected chi connectivity index (χ0v) is 19.7. The van der Waals surface area contributed by atoms with Crippen molar-refractivity contribution in [2.24, 2.45) is 0 Å². The number of hydrogen-bond donors (Lipinski definition) is 0. The highest BCUT2D eigenvalue weighted by Gasteiger charge is 2.34. The number of aryl methyl sites for hydroxylation is 1. The Kier molecular flexibility index (Phi) is 6.14. The van der Waals surface area contributed by atoms with Gasteiger partial charge in [-0.15, -0.1) is 0 Å². The van der Waals surface area contributed by atoms with Gasteiger partial charge in [-0.1, -0.05) is 35.9 Å². The summed E-state index contributed by atoms with van der Waals surface area (Å²) in [5.41, 5.74) is 4.38. The van der Waals surface area contributed by atoms with Gasteiger partial charge in [0.2, 0.25) is 0 Å². The van der Waals surface area contributed by atoms with Gasteiger partial charge in [-0.05, 0) is 74.1 Å². The number of nitrogens with zero attached hydrogens (tertiary/aromatic N) is 2. The van der Waals surface area contributed by atoms with Crippen molar-refractivity contribution in [2.45, 2.75) is 45.3 Å². The first-order chi connectivity index (χ1) is 16.5. The van der Waals surface area contributed by atoms with Crippen molar-refractivity contribution in [3.8, 4) is 5.75 Å². The van der Waals surface area contributed by atoms with Gasteiger partial charge in [-0.2, -0.15) is 0 Å². The Morgan fingerprint density at radius 1 is 1.03 bits per heavy atom. The van der Waals surface area contributed by atoms with Crippen LogP contribution in [0.3, 0.4) is 0 Å². The minimum atomic E-state index is -0.557. The van der Waals surface area contributed by atoms with Crippen LogP contribution in [0.25, 0.3) is 0 Å². The summed E-state index contributed by atoms with van der Waals surface area (Å²) >= 11 is 0. The second kappa shape index (κ2) is 9.37. The topological polar surface area (TPSA) is 63.0 Å². The lowest BCUT2D eigenvalue weighted by Gasteiger charge is -2.37. The van der Waals surface area contributed by atoms with E-state index in [4.69, 9.17) is 9.15 Å². The maximum absolute atomic E-state index is 13.4. The Morgan fingerprint density at radius 2 is 1.85 bits per heavy atom. The number of fused-ring (bicyclic) bond motifs is 1. The summed E-state index contributed by atoms with van der Waals surface area (Å²) in [6, 6.07) is 17.4. The first kappa shape index (κ1) is 22.3.